The van der Waals surface area contributed by atoms with Gasteiger partial charge in [0, 0.05) is 35.8 Å². The maximum Gasteiger partial charge on any atom is 0.321 e. The molecule has 1 N–H and O–H groups in total. The van der Waals surface area contributed by atoms with Crippen molar-refractivity contribution in [2.45, 2.75) is 103 Å². The summed E-state index contributed by atoms with van der Waals surface area (Å²) in [6.07, 6.45) is 7.57. The molecule has 2 aromatic rings. The number of halogens is 4. The molecule has 42 heavy (non-hydrogen) atoms. The summed E-state index contributed by atoms with van der Waals surface area (Å²) in [6.45, 7) is 12.5. The lowest BCUT2D eigenvalue weighted by Crippen LogP contribution is -2.47. The summed E-state index contributed by atoms with van der Waals surface area (Å²) in [6, 6.07) is 6.75. The molecule has 1 spiro atoms. The van der Waals surface area contributed by atoms with Crippen molar-refractivity contribution in [1.82, 2.24) is 19.6 Å². The van der Waals surface area contributed by atoms with Crippen molar-refractivity contribution in [1.29, 1.82) is 0 Å². The summed E-state index contributed by atoms with van der Waals surface area (Å²) in [5.41, 5.74) is 5.69. The van der Waals surface area contributed by atoms with Gasteiger partial charge in [0.2, 0.25) is 0 Å². The second-order valence-corrected chi connectivity index (χ2v) is 12.8. The lowest BCUT2D eigenvalue weighted by Gasteiger charge is -2.41. The highest BCUT2D eigenvalue weighted by Gasteiger charge is 2.46. The first-order valence-electron chi connectivity index (χ1n) is 15.2. The van der Waals surface area contributed by atoms with Crippen molar-refractivity contribution in [3.05, 3.63) is 52.6 Å². The molecular weight excluding hydrogens is 598 g/mol. The van der Waals surface area contributed by atoms with E-state index in [9.17, 15) is 14.3 Å². The van der Waals surface area contributed by atoms with Gasteiger partial charge in [-0.3, -0.25) is 14.4 Å². The van der Waals surface area contributed by atoms with Crippen LogP contribution >= 0.6 is 37.2 Å². The van der Waals surface area contributed by atoms with Crippen molar-refractivity contribution < 1.29 is 14.3 Å². The molecule has 0 unspecified atom stereocenters. The molecule has 0 amide bonds. The van der Waals surface area contributed by atoms with E-state index < -0.39 is 12.0 Å². The molecule has 1 saturated heterocycles. The van der Waals surface area contributed by atoms with Gasteiger partial charge in [-0.25, -0.2) is 4.39 Å². The summed E-state index contributed by atoms with van der Waals surface area (Å²) in [5, 5.41) is 14.9. The summed E-state index contributed by atoms with van der Waals surface area (Å²) >= 11 is 0. The number of benzene rings is 1. The van der Waals surface area contributed by atoms with E-state index in [2.05, 4.69) is 34.4 Å². The average Bonchev–Trinajstić information content (AvgIpc) is 3.59. The van der Waals surface area contributed by atoms with Gasteiger partial charge in [-0.15, -0.1) is 37.2 Å². The zero-order chi connectivity index (χ0) is 27.9. The van der Waals surface area contributed by atoms with Crippen LogP contribution in [0.3, 0.4) is 0 Å². The van der Waals surface area contributed by atoms with Gasteiger partial charge >= 0.3 is 5.97 Å². The quantitative estimate of drug-likeness (QED) is 0.326. The SMILES string of the molecule is CCc1nn(CC)c2c1C1(CC2)CCN(C[C@H]2C[C@H](N(C)[C@@H](C(=O)O)C(C)C)C[C@@H]2c2cccc(F)c2)CC1.Cl.Cl.Cl. The van der Waals surface area contributed by atoms with E-state index in [0.717, 1.165) is 57.4 Å². The van der Waals surface area contributed by atoms with Crippen molar-refractivity contribution >= 4 is 43.2 Å². The fraction of sp³-hybridized carbons (Fsp3) is 0.688. The standard InChI is InChI=1S/C32H47FN4O2.3ClH/c1-6-27-29-28(37(7-2)34-27)11-12-32(29)13-15-36(16-14-32)20-23-18-25(35(5)30(21(3)4)31(38)39)19-26(23)22-9-8-10-24(33)17-22;;;/h8-10,17,21,23,25-26,30H,6-7,11-16,18-20H2,1-5H3,(H,38,39);3*1H/t23-,25+,26-,30-;;;/m1.../s1. The number of fused-ring (bicyclic) bond motifs is 2. The van der Waals surface area contributed by atoms with Gasteiger partial charge in [0.25, 0.3) is 0 Å². The van der Waals surface area contributed by atoms with Gasteiger partial charge in [0.1, 0.15) is 11.9 Å². The molecule has 2 aliphatic carbocycles. The minimum atomic E-state index is -0.756. The van der Waals surface area contributed by atoms with E-state index in [0.29, 0.717) is 5.92 Å². The van der Waals surface area contributed by atoms with E-state index in [1.165, 1.54) is 36.7 Å². The van der Waals surface area contributed by atoms with Crippen LogP contribution in [0.5, 0.6) is 0 Å². The molecule has 0 bridgehead atoms. The smallest absolute Gasteiger partial charge is 0.321 e. The number of nitrogens with zero attached hydrogens (tertiary/aromatic N) is 4. The number of aliphatic carboxylic acids is 1. The Kier molecular flexibility index (Phi) is 13.2. The van der Waals surface area contributed by atoms with E-state index in [1.54, 1.807) is 11.6 Å². The number of hydrogen-bond donors (Lipinski definition) is 1. The first-order valence-corrected chi connectivity index (χ1v) is 15.2. The van der Waals surface area contributed by atoms with Crippen molar-refractivity contribution in [3.63, 3.8) is 0 Å². The van der Waals surface area contributed by atoms with E-state index in [4.69, 9.17) is 5.10 Å². The third kappa shape index (κ3) is 6.96. The predicted octanol–water partition coefficient (Wildman–Crippen LogP) is 6.75. The maximum atomic E-state index is 14.3. The molecule has 2 fully saturated rings. The molecule has 4 atom stereocenters. The first kappa shape index (κ1) is 36.8. The van der Waals surface area contributed by atoms with Gasteiger partial charge in [0.05, 0.1) is 5.69 Å². The number of aromatic nitrogens is 2. The highest BCUT2D eigenvalue weighted by molar-refractivity contribution is 5.86. The third-order valence-electron chi connectivity index (χ3n) is 10.3. The third-order valence-corrected chi connectivity index (χ3v) is 10.3. The normalized spacial score (nSPS) is 23.8. The van der Waals surface area contributed by atoms with Crippen LogP contribution in [-0.2, 0) is 29.6 Å². The molecule has 5 rings (SSSR count). The molecule has 1 aromatic carbocycles. The zero-order valence-electron chi connectivity index (χ0n) is 25.7. The summed E-state index contributed by atoms with van der Waals surface area (Å²) in [7, 11) is 1.97. The lowest BCUT2D eigenvalue weighted by atomic mass is 9.73. The predicted molar refractivity (Wildman–Crippen MR) is 174 cm³/mol. The van der Waals surface area contributed by atoms with Crippen molar-refractivity contribution in [2.75, 3.05) is 26.7 Å². The Morgan fingerprint density at radius 2 is 1.83 bits per heavy atom. The van der Waals surface area contributed by atoms with E-state index >= 15 is 0 Å². The first-order chi connectivity index (χ1) is 18.7. The largest absolute Gasteiger partial charge is 0.480 e. The van der Waals surface area contributed by atoms with Crippen LogP contribution in [0.2, 0.25) is 0 Å². The van der Waals surface area contributed by atoms with Crippen LogP contribution in [0, 0.1) is 17.7 Å². The number of carbonyl (C=O) groups is 1. The van der Waals surface area contributed by atoms with Gasteiger partial charge in [-0.1, -0.05) is 32.9 Å². The number of carboxylic acid groups (broad SMARTS) is 1. The molecule has 3 aliphatic rings. The van der Waals surface area contributed by atoms with E-state index in [-0.39, 0.29) is 66.3 Å². The van der Waals surface area contributed by atoms with Crippen LogP contribution in [0.1, 0.15) is 88.2 Å². The number of piperidine rings is 1. The Hall–Kier alpha value is -1.38. The topological polar surface area (TPSA) is 61.6 Å². The van der Waals surface area contributed by atoms with Crippen LogP contribution in [0.25, 0.3) is 0 Å². The summed E-state index contributed by atoms with van der Waals surface area (Å²) in [5.74, 6) is -0.307. The lowest BCUT2D eigenvalue weighted by molar-refractivity contribution is -0.145. The van der Waals surface area contributed by atoms with Crippen LogP contribution in [-0.4, -0.2) is 69.4 Å². The van der Waals surface area contributed by atoms with Crippen LogP contribution < -0.4 is 0 Å². The molecule has 238 valence electrons. The molecule has 1 aliphatic heterocycles. The maximum absolute atomic E-state index is 14.3. The van der Waals surface area contributed by atoms with Crippen LogP contribution in [0.15, 0.2) is 24.3 Å². The summed E-state index contributed by atoms with van der Waals surface area (Å²) in [4.78, 5) is 16.8. The molecule has 2 heterocycles. The fourth-order valence-corrected chi connectivity index (χ4v) is 8.34. The number of rotatable bonds is 9. The minimum Gasteiger partial charge on any atom is -0.480 e. The Morgan fingerprint density at radius 3 is 2.40 bits per heavy atom. The molecule has 1 saturated carbocycles. The average molecular weight is 648 g/mol. The van der Waals surface area contributed by atoms with Gasteiger partial charge in [-0.05, 0) is 107 Å². The minimum absolute atomic E-state index is 0. The summed E-state index contributed by atoms with van der Waals surface area (Å²) < 4.78 is 16.5. The van der Waals surface area contributed by atoms with Crippen LogP contribution in [0.4, 0.5) is 4.39 Å². The number of carboxylic acids is 1. The Balaban J connectivity index is 0.00000205. The molecule has 6 nitrogen and oxygen atoms in total. The Morgan fingerprint density at radius 1 is 1.14 bits per heavy atom. The zero-order valence-corrected chi connectivity index (χ0v) is 28.2. The number of likely N-dealkylation sites (N-methyl/N-ethyl adjacent to an activating group) is 1. The fourth-order valence-electron chi connectivity index (χ4n) is 8.34. The monoisotopic (exact) mass is 646 g/mol. The highest BCUT2D eigenvalue weighted by Crippen LogP contribution is 2.49. The van der Waals surface area contributed by atoms with Gasteiger partial charge in [-0.2, -0.15) is 5.10 Å². The Bertz CT molecular complexity index is 1180. The second kappa shape index (κ2) is 15.1. The number of aryl methyl sites for hydroxylation is 2. The van der Waals surface area contributed by atoms with Crippen molar-refractivity contribution in [3.8, 4) is 0 Å². The number of hydrogen-bond acceptors (Lipinski definition) is 4. The van der Waals surface area contributed by atoms with E-state index in [1.807, 2.05) is 27.0 Å². The van der Waals surface area contributed by atoms with Gasteiger partial charge < -0.3 is 10.0 Å². The van der Waals surface area contributed by atoms with Gasteiger partial charge in [0.15, 0.2) is 0 Å². The highest BCUT2D eigenvalue weighted by atomic mass is 35.5. The molecule has 0 radical (unpaired) electrons. The number of likely N-dealkylation sites (tertiary alicyclic amines) is 1. The van der Waals surface area contributed by atoms with Crippen molar-refractivity contribution in [2.24, 2.45) is 11.8 Å². The molecular formula is C32H50Cl3FN4O2. The second-order valence-electron chi connectivity index (χ2n) is 12.8. The Labute approximate surface area is 270 Å². The molecule has 1 aromatic heterocycles. The molecule has 10 heteroatoms.